The maximum Gasteiger partial charge on any atom is 0.243 e. The van der Waals surface area contributed by atoms with E-state index >= 15 is 0 Å². The van der Waals surface area contributed by atoms with Crippen molar-refractivity contribution in [1.29, 1.82) is 0 Å². The van der Waals surface area contributed by atoms with Crippen molar-refractivity contribution in [3.05, 3.63) is 10.4 Å². The van der Waals surface area contributed by atoms with Crippen molar-refractivity contribution in [2.24, 2.45) is 11.7 Å². The van der Waals surface area contributed by atoms with Gasteiger partial charge in [0.2, 0.25) is 15.9 Å². The van der Waals surface area contributed by atoms with Gasteiger partial charge in [0, 0.05) is 23.4 Å². The van der Waals surface area contributed by atoms with Crippen LogP contribution in [-0.4, -0.2) is 26.9 Å². The number of aryl methyl sites for hydroxylation is 1. The molecule has 1 aromatic rings. The van der Waals surface area contributed by atoms with Crippen LogP contribution < -0.4 is 15.8 Å². The number of anilines is 1. The average molecular weight is 358 g/mol. The number of nitrogens with one attached hydrogen (secondary N) is 2. The highest BCUT2D eigenvalue weighted by molar-refractivity contribution is 7.90. The molecule has 0 bridgehead atoms. The molecule has 6 nitrogen and oxygen atoms in total. The fourth-order valence-electron chi connectivity index (χ4n) is 2.82. The third-order valence-corrected chi connectivity index (χ3v) is 7.15. The summed E-state index contributed by atoms with van der Waals surface area (Å²) in [5.41, 5.74) is 6.83. The second kappa shape index (κ2) is 6.51. The van der Waals surface area contributed by atoms with Gasteiger partial charge in [-0.1, -0.05) is 6.92 Å². The van der Waals surface area contributed by atoms with Crippen molar-refractivity contribution in [3.8, 4) is 0 Å². The van der Waals surface area contributed by atoms with Crippen LogP contribution in [0.5, 0.6) is 0 Å². The van der Waals surface area contributed by atoms with Gasteiger partial charge in [0.25, 0.3) is 0 Å². The molecule has 1 unspecified atom stereocenters. The van der Waals surface area contributed by atoms with Crippen LogP contribution >= 0.6 is 11.3 Å². The third-order valence-electron chi connectivity index (χ3n) is 4.25. The normalized spacial score (nSPS) is 21.0. The number of thiophene rings is 1. The molecule has 1 fully saturated rings. The van der Waals surface area contributed by atoms with E-state index in [4.69, 9.17) is 5.73 Å². The average Bonchev–Trinajstić information content (AvgIpc) is 3.27. The van der Waals surface area contributed by atoms with Crippen LogP contribution in [-0.2, 0) is 27.7 Å². The Hall–Kier alpha value is -0.960. The Balaban J connectivity index is 1.99. The van der Waals surface area contributed by atoms with Crippen LogP contribution in [0, 0.1) is 5.92 Å². The lowest BCUT2D eigenvalue weighted by atomic mass is 9.95. The summed E-state index contributed by atoms with van der Waals surface area (Å²) in [7, 11) is -3.64. The molecule has 0 aromatic carbocycles. The monoisotopic (exact) mass is 357 g/mol. The zero-order valence-corrected chi connectivity index (χ0v) is 14.9. The molecule has 0 radical (unpaired) electrons. The van der Waals surface area contributed by atoms with Gasteiger partial charge in [0.05, 0.1) is 0 Å². The lowest BCUT2D eigenvalue weighted by Crippen LogP contribution is -2.30. The summed E-state index contributed by atoms with van der Waals surface area (Å²) in [5.74, 6) is -0.0321. The lowest BCUT2D eigenvalue weighted by Gasteiger charge is -2.19. The van der Waals surface area contributed by atoms with Crippen LogP contribution in [0.1, 0.15) is 43.0 Å². The van der Waals surface area contributed by atoms with Crippen molar-refractivity contribution >= 4 is 32.3 Å². The number of carbonyl (C=O) groups excluding carboxylic acids is 1. The minimum Gasteiger partial charge on any atom is -0.327 e. The van der Waals surface area contributed by atoms with Crippen molar-refractivity contribution in [2.75, 3.05) is 11.9 Å². The summed E-state index contributed by atoms with van der Waals surface area (Å²) in [6, 6.07) is -0.0239. The summed E-state index contributed by atoms with van der Waals surface area (Å²) >= 11 is 1.39. The predicted octanol–water partition coefficient (Wildman–Crippen LogP) is 1.60. The van der Waals surface area contributed by atoms with Gasteiger partial charge in [-0.3, -0.25) is 4.79 Å². The minimum absolute atomic E-state index is 0.0239. The molecular weight excluding hydrogens is 334 g/mol. The van der Waals surface area contributed by atoms with Crippen molar-refractivity contribution in [2.45, 2.75) is 56.4 Å². The Bertz CT molecular complexity index is 708. The van der Waals surface area contributed by atoms with E-state index in [1.807, 2.05) is 6.92 Å². The molecule has 23 heavy (non-hydrogen) atoms. The van der Waals surface area contributed by atoms with E-state index in [0.29, 0.717) is 18.0 Å². The van der Waals surface area contributed by atoms with Crippen LogP contribution in [0.3, 0.4) is 0 Å². The van der Waals surface area contributed by atoms with Gasteiger partial charge in [-0.2, -0.15) is 0 Å². The molecular formula is C15H23N3O3S2. The van der Waals surface area contributed by atoms with Crippen LogP contribution in [0.4, 0.5) is 5.00 Å². The fraction of sp³-hybridized carbons (Fsp3) is 0.667. The molecule has 8 heteroatoms. The number of carbonyl (C=O) groups is 1. The fourth-order valence-corrected chi connectivity index (χ4v) is 5.92. The second-order valence-corrected chi connectivity index (χ2v) is 9.14. The molecule has 0 spiro atoms. The Labute approximate surface area is 140 Å². The number of hydrogen-bond acceptors (Lipinski definition) is 5. The van der Waals surface area contributed by atoms with Gasteiger partial charge < -0.3 is 11.1 Å². The molecule has 0 saturated heterocycles. The smallest absolute Gasteiger partial charge is 0.243 e. The van der Waals surface area contributed by atoms with E-state index in [2.05, 4.69) is 10.0 Å². The summed E-state index contributed by atoms with van der Waals surface area (Å²) in [6.45, 7) is 2.30. The molecule has 3 rings (SSSR count). The third kappa shape index (κ3) is 3.60. The first-order chi connectivity index (χ1) is 10.9. The van der Waals surface area contributed by atoms with Crippen LogP contribution in [0.2, 0.25) is 0 Å². The largest absolute Gasteiger partial charge is 0.327 e. The zero-order chi connectivity index (χ0) is 16.6. The number of hydrogen-bond donors (Lipinski definition) is 3. The summed E-state index contributed by atoms with van der Waals surface area (Å²) in [6.07, 6.45) is 4.67. The van der Waals surface area contributed by atoms with Gasteiger partial charge in [-0.15, -0.1) is 11.3 Å². The first kappa shape index (κ1) is 16.9. The molecule has 4 N–H and O–H groups in total. The first-order valence-corrected chi connectivity index (χ1v) is 10.4. The Morgan fingerprint density at radius 2 is 2.09 bits per heavy atom. The van der Waals surface area contributed by atoms with Crippen molar-refractivity contribution in [1.82, 2.24) is 4.72 Å². The molecule has 128 valence electrons. The topological polar surface area (TPSA) is 101 Å². The molecule has 1 saturated carbocycles. The number of nitrogens with two attached hydrogens (primary N) is 1. The molecule has 2 aliphatic rings. The Morgan fingerprint density at radius 1 is 1.35 bits per heavy atom. The van der Waals surface area contributed by atoms with Crippen molar-refractivity contribution < 1.29 is 13.2 Å². The highest BCUT2D eigenvalue weighted by Crippen LogP contribution is 2.41. The summed E-state index contributed by atoms with van der Waals surface area (Å²) in [5, 5.41) is 3.31. The molecule has 1 aromatic heterocycles. The quantitative estimate of drug-likeness (QED) is 0.720. The van der Waals surface area contributed by atoms with E-state index in [-0.39, 0.29) is 22.8 Å². The van der Waals surface area contributed by atoms with E-state index in [1.165, 1.54) is 11.3 Å². The van der Waals surface area contributed by atoms with Gasteiger partial charge in [-0.25, -0.2) is 13.1 Å². The Kier molecular flexibility index (Phi) is 4.78. The zero-order valence-electron chi connectivity index (χ0n) is 13.2. The molecule has 1 heterocycles. The lowest BCUT2D eigenvalue weighted by molar-refractivity contribution is -0.117. The SMILES string of the molecule is CCCNS(=O)(=O)c1c(NC(=O)C2CC2)sc2c1CC(N)CC2. The molecule has 1 atom stereocenters. The maximum absolute atomic E-state index is 12.7. The number of rotatable bonds is 6. The van der Waals surface area contributed by atoms with Crippen LogP contribution in [0.25, 0.3) is 0 Å². The van der Waals surface area contributed by atoms with E-state index < -0.39 is 10.0 Å². The molecule has 0 aliphatic heterocycles. The van der Waals surface area contributed by atoms with Gasteiger partial charge in [0.15, 0.2) is 0 Å². The van der Waals surface area contributed by atoms with E-state index in [9.17, 15) is 13.2 Å². The first-order valence-electron chi connectivity index (χ1n) is 8.13. The van der Waals surface area contributed by atoms with Gasteiger partial charge >= 0.3 is 0 Å². The second-order valence-electron chi connectivity index (χ2n) is 6.33. The number of amides is 1. The highest BCUT2D eigenvalue weighted by atomic mass is 32.2. The Morgan fingerprint density at radius 3 is 2.74 bits per heavy atom. The highest BCUT2D eigenvalue weighted by Gasteiger charge is 2.35. The minimum atomic E-state index is -3.64. The summed E-state index contributed by atoms with van der Waals surface area (Å²) < 4.78 is 28.1. The molecule has 2 aliphatic carbocycles. The van der Waals surface area contributed by atoms with Crippen molar-refractivity contribution in [3.63, 3.8) is 0 Å². The molecule has 1 amide bonds. The predicted molar refractivity (Wildman–Crippen MR) is 91.2 cm³/mol. The van der Waals surface area contributed by atoms with Gasteiger partial charge in [-0.05, 0) is 44.1 Å². The summed E-state index contributed by atoms with van der Waals surface area (Å²) in [4.78, 5) is 13.4. The number of fused-ring (bicyclic) bond motifs is 1. The number of sulfonamides is 1. The standard InChI is InChI=1S/C15H23N3O3S2/c1-2-7-17-23(20,21)13-11-8-10(16)5-6-12(11)22-15(13)18-14(19)9-3-4-9/h9-10,17H,2-8,16H2,1H3,(H,18,19). The van der Waals surface area contributed by atoms with Gasteiger partial charge in [0.1, 0.15) is 9.90 Å². The van der Waals surface area contributed by atoms with Crippen LogP contribution in [0.15, 0.2) is 4.90 Å². The van der Waals surface area contributed by atoms with E-state index in [1.54, 1.807) is 0 Å². The van der Waals surface area contributed by atoms with E-state index in [0.717, 1.165) is 42.5 Å². The maximum atomic E-state index is 12.7.